The summed E-state index contributed by atoms with van der Waals surface area (Å²) >= 11 is 1.53. The summed E-state index contributed by atoms with van der Waals surface area (Å²) < 4.78 is 5.36. The van der Waals surface area contributed by atoms with Crippen molar-refractivity contribution in [3.8, 4) is 11.3 Å². The van der Waals surface area contributed by atoms with E-state index in [1.165, 1.54) is 11.8 Å². The van der Waals surface area contributed by atoms with Crippen LogP contribution in [0.3, 0.4) is 0 Å². The molecule has 0 aliphatic heterocycles. The lowest BCUT2D eigenvalue weighted by Gasteiger charge is -2.06. The number of furan rings is 1. The molecule has 0 amide bonds. The van der Waals surface area contributed by atoms with E-state index in [-0.39, 0.29) is 0 Å². The molecule has 3 aromatic rings. The van der Waals surface area contributed by atoms with E-state index in [0.29, 0.717) is 5.56 Å². The number of carbonyl (C=O) groups is 1. The van der Waals surface area contributed by atoms with Gasteiger partial charge in [-0.2, -0.15) is 0 Å². The van der Waals surface area contributed by atoms with E-state index >= 15 is 0 Å². The highest BCUT2D eigenvalue weighted by Gasteiger charge is 2.09. The number of hydrogen-bond donors (Lipinski definition) is 1. The van der Waals surface area contributed by atoms with E-state index in [0.717, 1.165) is 27.5 Å². The fourth-order valence-electron chi connectivity index (χ4n) is 2.14. The zero-order valence-electron chi connectivity index (χ0n) is 11.7. The Balaban J connectivity index is 1.71. The standard InChI is InChI=1S/C18H14O3S/c19-18(20)15-4-1-2-6-17(15)22-12-13-7-9-14(10-8-13)16-5-3-11-21-16/h1-11H,12H2,(H,19,20). The van der Waals surface area contributed by atoms with Gasteiger partial charge in [0.15, 0.2) is 0 Å². The molecule has 0 saturated carbocycles. The second-order valence-electron chi connectivity index (χ2n) is 4.76. The van der Waals surface area contributed by atoms with Crippen molar-refractivity contribution in [2.24, 2.45) is 0 Å². The molecule has 110 valence electrons. The number of rotatable bonds is 5. The summed E-state index contributed by atoms with van der Waals surface area (Å²) in [5.74, 6) is 0.676. The van der Waals surface area contributed by atoms with Crippen molar-refractivity contribution in [2.75, 3.05) is 0 Å². The Hall–Kier alpha value is -2.46. The molecule has 0 atom stereocenters. The first-order valence-electron chi connectivity index (χ1n) is 6.82. The highest BCUT2D eigenvalue weighted by Crippen LogP contribution is 2.27. The van der Waals surface area contributed by atoms with Crippen LogP contribution in [-0.4, -0.2) is 11.1 Å². The van der Waals surface area contributed by atoms with Gasteiger partial charge in [-0.25, -0.2) is 4.79 Å². The van der Waals surface area contributed by atoms with Gasteiger partial charge in [-0.05, 0) is 29.8 Å². The molecule has 0 saturated heterocycles. The third-order valence-corrected chi connectivity index (χ3v) is 4.42. The minimum absolute atomic E-state index is 0.347. The van der Waals surface area contributed by atoms with Gasteiger partial charge in [0.2, 0.25) is 0 Å². The fraction of sp³-hybridized carbons (Fsp3) is 0.0556. The molecule has 0 radical (unpaired) electrons. The summed E-state index contributed by atoms with van der Waals surface area (Å²) in [6.45, 7) is 0. The Morgan fingerprint density at radius 3 is 2.45 bits per heavy atom. The lowest BCUT2D eigenvalue weighted by Crippen LogP contribution is -1.98. The molecule has 4 heteroatoms. The molecule has 2 aromatic carbocycles. The van der Waals surface area contributed by atoms with Crippen LogP contribution in [0.15, 0.2) is 76.2 Å². The monoisotopic (exact) mass is 310 g/mol. The van der Waals surface area contributed by atoms with Crippen molar-refractivity contribution >= 4 is 17.7 Å². The number of carboxylic acid groups (broad SMARTS) is 1. The van der Waals surface area contributed by atoms with E-state index in [2.05, 4.69) is 0 Å². The first-order valence-corrected chi connectivity index (χ1v) is 7.80. The Morgan fingerprint density at radius 2 is 1.77 bits per heavy atom. The summed E-state index contributed by atoms with van der Waals surface area (Å²) in [7, 11) is 0. The van der Waals surface area contributed by atoms with Crippen LogP contribution in [0.5, 0.6) is 0 Å². The summed E-state index contributed by atoms with van der Waals surface area (Å²) in [5, 5.41) is 9.18. The molecule has 1 heterocycles. The number of benzene rings is 2. The first kappa shape index (κ1) is 14.5. The molecule has 1 aromatic heterocycles. The maximum Gasteiger partial charge on any atom is 0.336 e. The maximum atomic E-state index is 11.2. The van der Waals surface area contributed by atoms with Gasteiger partial charge < -0.3 is 9.52 Å². The molecular weight excluding hydrogens is 296 g/mol. The first-order chi connectivity index (χ1) is 10.7. The van der Waals surface area contributed by atoms with Gasteiger partial charge in [-0.1, -0.05) is 36.4 Å². The van der Waals surface area contributed by atoms with Gasteiger partial charge in [0.05, 0.1) is 11.8 Å². The summed E-state index contributed by atoms with van der Waals surface area (Å²) in [6, 6.07) is 18.9. The lowest BCUT2D eigenvalue weighted by atomic mass is 10.1. The van der Waals surface area contributed by atoms with Crippen LogP contribution in [0, 0.1) is 0 Å². The third kappa shape index (κ3) is 3.23. The van der Waals surface area contributed by atoms with E-state index in [1.807, 2.05) is 48.5 Å². The van der Waals surface area contributed by atoms with Crippen molar-refractivity contribution in [3.05, 3.63) is 78.1 Å². The zero-order chi connectivity index (χ0) is 15.4. The predicted molar refractivity (Wildman–Crippen MR) is 87.1 cm³/mol. The summed E-state index contributed by atoms with van der Waals surface area (Å²) in [6.07, 6.45) is 1.65. The van der Waals surface area contributed by atoms with Crippen LogP contribution in [0.4, 0.5) is 0 Å². The molecule has 0 unspecified atom stereocenters. The van der Waals surface area contributed by atoms with Crippen LogP contribution in [0.25, 0.3) is 11.3 Å². The normalized spacial score (nSPS) is 10.5. The van der Waals surface area contributed by atoms with Gasteiger partial charge in [0.25, 0.3) is 0 Å². The molecule has 1 N–H and O–H groups in total. The molecule has 0 aliphatic rings. The molecule has 0 aliphatic carbocycles. The Labute approximate surface area is 132 Å². The van der Waals surface area contributed by atoms with Crippen LogP contribution < -0.4 is 0 Å². The van der Waals surface area contributed by atoms with Gasteiger partial charge in [-0.3, -0.25) is 0 Å². The number of hydrogen-bond acceptors (Lipinski definition) is 3. The van der Waals surface area contributed by atoms with Crippen LogP contribution in [-0.2, 0) is 5.75 Å². The Bertz CT molecular complexity index is 761. The third-order valence-electron chi connectivity index (χ3n) is 3.27. The zero-order valence-corrected chi connectivity index (χ0v) is 12.5. The van der Waals surface area contributed by atoms with E-state index in [9.17, 15) is 9.90 Å². The molecule has 0 fully saturated rings. The SMILES string of the molecule is O=C(O)c1ccccc1SCc1ccc(-c2ccco2)cc1. The largest absolute Gasteiger partial charge is 0.478 e. The lowest BCUT2D eigenvalue weighted by molar-refractivity contribution is 0.0693. The minimum Gasteiger partial charge on any atom is -0.478 e. The van der Waals surface area contributed by atoms with Gasteiger partial charge in [-0.15, -0.1) is 11.8 Å². The molecule has 0 bridgehead atoms. The van der Waals surface area contributed by atoms with E-state index < -0.39 is 5.97 Å². The summed E-state index contributed by atoms with van der Waals surface area (Å²) in [5.41, 5.74) is 2.52. The molecule has 3 nitrogen and oxygen atoms in total. The van der Waals surface area contributed by atoms with Gasteiger partial charge in [0, 0.05) is 16.2 Å². The average Bonchev–Trinajstić information content (AvgIpc) is 3.08. The second-order valence-corrected chi connectivity index (χ2v) is 5.78. The Morgan fingerprint density at radius 1 is 1.00 bits per heavy atom. The topological polar surface area (TPSA) is 50.4 Å². The molecular formula is C18H14O3S. The van der Waals surface area contributed by atoms with Crippen molar-refractivity contribution in [2.45, 2.75) is 10.6 Å². The van der Waals surface area contributed by atoms with Crippen LogP contribution >= 0.6 is 11.8 Å². The van der Waals surface area contributed by atoms with E-state index in [4.69, 9.17) is 4.42 Å². The van der Waals surface area contributed by atoms with Crippen LogP contribution in [0.1, 0.15) is 15.9 Å². The molecule has 0 spiro atoms. The number of thioether (sulfide) groups is 1. The smallest absolute Gasteiger partial charge is 0.336 e. The van der Waals surface area contributed by atoms with Gasteiger partial charge >= 0.3 is 5.97 Å². The highest BCUT2D eigenvalue weighted by molar-refractivity contribution is 7.98. The fourth-order valence-corrected chi connectivity index (χ4v) is 3.14. The highest BCUT2D eigenvalue weighted by atomic mass is 32.2. The number of aromatic carboxylic acids is 1. The van der Waals surface area contributed by atoms with Gasteiger partial charge in [0.1, 0.15) is 5.76 Å². The Kier molecular flexibility index (Phi) is 4.30. The second kappa shape index (κ2) is 6.54. The quantitative estimate of drug-likeness (QED) is 0.678. The predicted octanol–water partition coefficient (Wildman–Crippen LogP) is 4.94. The van der Waals surface area contributed by atoms with Crippen LogP contribution in [0.2, 0.25) is 0 Å². The summed E-state index contributed by atoms with van der Waals surface area (Å²) in [4.78, 5) is 12.0. The van der Waals surface area contributed by atoms with Crippen molar-refractivity contribution in [1.29, 1.82) is 0 Å². The molecule has 3 rings (SSSR count). The van der Waals surface area contributed by atoms with Crippen molar-refractivity contribution < 1.29 is 14.3 Å². The molecule has 22 heavy (non-hydrogen) atoms. The number of carboxylic acids is 1. The van der Waals surface area contributed by atoms with Crippen molar-refractivity contribution in [3.63, 3.8) is 0 Å². The minimum atomic E-state index is -0.892. The van der Waals surface area contributed by atoms with Crippen molar-refractivity contribution in [1.82, 2.24) is 0 Å². The van der Waals surface area contributed by atoms with E-state index in [1.54, 1.807) is 18.4 Å². The average molecular weight is 310 g/mol. The maximum absolute atomic E-state index is 11.2.